The minimum absolute atomic E-state index is 0.350. The number of aliphatic hydroxyl groups is 1. The third kappa shape index (κ3) is 3.21. The van der Waals surface area contributed by atoms with Gasteiger partial charge in [-0.15, -0.1) is 0 Å². The molecule has 0 atom stereocenters. The fourth-order valence-electron chi connectivity index (χ4n) is 0.206. The molecule has 0 aliphatic heterocycles. The normalized spacial score (nSPS) is 11.0. The molecule has 0 saturated heterocycles. The Morgan fingerprint density at radius 1 is 1.75 bits per heavy atom. The molecule has 0 heterocycles. The summed E-state index contributed by atoms with van der Waals surface area (Å²) in [6.07, 6.45) is 1.29. The smallest absolute Gasteiger partial charge is 0.310 e. The number of aliphatic hydroxyl groups excluding tert-OH is 1. The summed E-state index contributed by atoms with van der Waals surface area (Å²) in [5.41, 5.74) is 0. The third-order valence-electron chi connectivity index (χ3n) is 0.495. The van der Waals surface area contributed by atoms with E-state index in [1.54, 1.807) is 6.92 Å². The Balaban J connectivity index is 3.56. The zero-order valence-electron chi connectivity index (χ0n) is 4.84. The second-order valence-corrected chi connectivity index (χ2v) is 1.22. The quantitative estimate of drug-likeness (QED) is 0.410. The molecule has 0 aromatic heterocycles. The Bertz CT molecular complexity index is 115. The van der Waals surface area contributed by atoms with Crippen LogP contribution in [0.5, 0.6) is 0 Å². The topological polar surface area (TPSA) is 46.5 Å². The molecule has 8 heavy (non-hydrogen) atoms. The largest absolute Gasteiger partial charge is 0.481 e. The lowest BCUT2D eigenvalue weighted by Gasteiger charge is -1.94. The maximum atomic E-state index is 9.99. The molecule has 3 nitrogen and oxygen atoms in total. The zero-order valence-corrected chi connectivity index (χ0v) is 4.84. The van der Waals surface area contributed by atoms with Crippen LogP contribution in [-0.4, -0.2) is 11.1 Å². The second-order valence-electron chi connectivity index (χ2n) is 1.22. The summed E-state index contributed by atoms with van der Waals surface area (Å²) < 4.78 is 4.18. The van der Waals surface area contributed by atoms with Crippen LogP contribution >= 0.6 is 0 Å². The number of ether oxygens (including phenoxy) is 1. The lowest BCUT2D eigenvalue weighted by Crippen LogP contribution is -1.96. The maximum Gasteiger partial charge on any atom is 0.310 e. The first-order valence-corrected chi connectivity index (χ1v) is 2.20. The molecule has 0 bridgehead atoms. The van der Waals surface area contributed by atoms with Gasteiger partial charge in [-0.05, 0) is 13.0 Å². The molecular weight excluding hydrogens is 108 g/mol. The van der Waals surface area contributed by atoms with Gasteiger partial charge in [-0.1, -0.05) is 0 Å². The van der Waals surface area contributed by atoms with Crippen LogP contribution < -0.4 is 0 Å². The lowest BCUT2D eigenvalue weighted by atomic mass is 10.7. The van der Waals surface area contributed by atoms with E-state index in [1.807, 2.05) is 0 Å². The van der Waals surface area contributed by atoms with Crippen molar-refractivity contribution in [2.75, 3.05) is 0 Å². The van der Waals surface area contributed by atoms with Gasteiger partial charge in [0, 0.05) is 6.92 Å². The number of carbonyl (C=O) groups excluding carboxylic acids is 1. The monoisotopic (exact) mass is 116 g/mol. The number of hydrogen-bond donors (Lipinski definition) is 1. The Hall–Kier alpha value is -0.990. The molecule has 3 heteroatoms. The van der Waals surface area contributed by atoms with E-state index in [9.17, 15) is 4.79 Å². The lowest BCUT2D eigenvalue weighted by molar-refractivity contribution is -0.140. The molecule has 46 valence electrons. The van der Waals surface area contributed by atoms with Gasteiger partial charge in [-0.2, -0.15) is 0 Å². The molecule has 0 spiro atoms. The number of rotatable bonds is 1. The molecule has 0 aliphatic rings. The van der Waals surface area contributed by atoms with Crippen molar-refractivity contribution < 1.29 is 14.6 Å². The molecule has 0 saturated carbocycles. The molecule has 0 rings (SSSR count). The first-order chi connectivity index (χ1) is 3.66. The van der Waals surface area contributed by atoms with Crippen LogP contribution in [0, 0.1) is 0 Å². The molecule has 0 unspecified atom stereocenters. The molecule has 0 radical (unpaired) electrons. The predicted octanol–water partition coefficient (Wildman–Crippen LogP) is 0.969. The van der Waals surface area contributed by atoms with E-state index in [0.717, 1.165) is 0 Å². The van der Waals surface area contributed by atoms with E-state index in [-0.39, 0.29) is 5.95 Å². The van der Waals surface area contributed by atoms with Crippen LogP contribution in [0.2, 0.25) is 0 Å². The van der Waals surface area contributed by atoms with E-state index in [4.69, 9.17) is 5.11 Å². The van der Waals surface area contributed by atoms with Crippen molar-refractivity contribution >= 4 is 5.97 Å². The van der Waals surface area contributed by atoms with Gasteiger partial charge in [0.1, 0.15) is 0 Å². The average Bonchev–Trinajstić information content (AvgIpc) is 1.65. The van der Waals surface area contributed by atoms with E-state index < -0.39 is 5.97 Å². The number of carbonyl (C=O) groups is 1. The Kier molecular flexibility index (Phi) is 2.69. The minimum Gasteiger partial charge on any atom is -0.481 e. The highest BCUT2D eigenvalue weighted by atomic mass is 16.6. The van der Waals surface area contributed by atoms with Crippen LogP contribution in [0.15, 0.2) is 12.0 Å². The second kappa shape index (κ2) is 3.07. The van der Waals surface area contributed by atoms with Crippen molar-refractivity contribution in [2.24, 2.45) is 0 Å². The fourth-order valence-corrected chi connectivity index (χ4v) is 0.206. The van der Waals surface area contributed by atoms with Crippen molar-refractivity contribution in [3.05, 3.63) is 12.0 Å². The first-order valence-electron chi connectivity index (χ1n) is 2.20. The summed E-state index contributed by atoms with van der Waals surface area (Å²) in [4.78, 5) is 9.99. The zero-order chi connectivity index (χ0) is 6.57. The van der Waals surface area contributed by atoms with Crippen LogP contribution in [0.4, 0.5) is 0 Å². The summed E-state index contributed by atoms with van der Waals surface area (Å²) in [7, 11) is 0. The van der Waals surface area contributed by atoms with Crippen molar-refractivity contribution in [2.45, 2.75) is 13.8 Å². The average molecular weight is 116 g/mol. The predicted molar refractivity (Wildman–Crippen MR) is 28.2 cm³/mol. The Morgan fingerprint density at radius 3 is 2.38 bits per heavy atom. The van der Waals surface area contributed by atoms with Crippen LogP contribution in [0.25, 0.3) is 0 Å². The maximum absolute atomic E-state index is 9.99. The van der Waals surface area contributed by atoms with Crippen LogP contribution in [0.1, 0.15) is 13.8 Å². The van der Waals surface area contributed by atoms with Gasteiger partial charge < -0.3 is 9.84 Å². The van der Waals surface area contributed by atoms with Crippen LogP contribution in [-0.2, 0) is 9.53 Å². The van der Waals surface area contributed by atoms with Gasteiger partial charge in [0.2, 0.25) is 0 Å². The molecule has 0 aliphatic carbocycles. The summed E-state index contributed by atoms with van der Waals surface area (Å²) in [6, 6.07) is 0. The van der Waals surface area contributed by atoms with Crippen LogP contribution in [0.3, 0.4) is 0 Å². The van der Waals surface area contributed by atoms with Gasteiger partial charge in [-0.25, -0.2) is 0 Å². The molecule has 0 aromatic carbocycles. The Labute approximate surface area is 47.6 Å². The standard InChI is InChI=1S/C5H8O3/c1-3-5(7)8-4(2)6/h3,7H,1-2H3/b5-3+. The summed E-state index contributed by atoms with van der Waals surface area (Å²) >= 11 is 0. The van der Waals surface area contributed by atoms with E-state index in [1.165, 1.54) is 13.0 Å². The highest BCUT2D eigenvalue weighted by molar-refractivity contribution is 5.66. The van der Waals surface area contributed by atoms with Crippen molar-refractivity contribution in [3.63, 3.8) is 0 Å². The van der Waals surface area contributed by atoms with Gasteiger partial charge >= 0.3 is 5.97 Å². The minimum atomic E-state index is -0.513. The first kappa shape index (κ1) is 7.01. The number of hydrogen-bond acceptors (Lipinski definition) is 3. The summed E-state index contributed by atoms with van der Waals surface area (Å²) in [5.74, 6) is -0.863. The number of allylic oxidation sites excluding steroid dienone is 1. The SMILES string of the molecule is C/C=C(\O)OC(C)=O. The van der Waals surface area contributed by atoms with Gasteiger partial charge in [0.15, 0.2) is 0 Å². The summed E-state index contributed by atoms with van der Waals surface area (Å²) in [5, 5.41) is 8.45. The molecule has 1 N–H and O–H groups in total. The highest BCUT2D eigenvalue weighted by Gasteiger charge is 1.93. The molecule has 0 fully saturated rings. The van der Waals surface area contributed by atoms with E-state index >= 15 is 0 Å². The molecular formula is C5H8O3. The highest BCUT2D eigenvalue weighted by Crippen LogP contribution is 1.89. The van der Waals surface area contributed by atoms with Gasteiger partial charge in [0.05, 0.1) is 0 Å². The number of esters is 1. The van der Waals surface area contributed by atoms with Crippen molar-refractivity contribution in [1.29, 1.82) is 0 Å². The van der Waals surface area contributed by atoms with Crippen molar-refractivity contribution in [3.8, 4) is 0 Å². The molecule has 0 amide bonds. The third-order valence-corrected chi connectivity index (χ3v) is 0.495. The van der Waals surface area contributed by atoms with Gasteiger partial charge in [0.25, 0.3) is 5.95 Å². The molecule has 0 aromatic rings. The fraction of sp³-hybridized carbons (Fsp3) is 0.400. The van der Waals surface area contributed by atoms with E-state index in [0.29, 0.717) is 0 Å². The Morgan fingerprint density at radius 2 is 2.25 bits per heavy atom. The summed E-state index contributed by atoms with van der Waals surface area (Å²) in [6.45, 7) is 2.79. The van der Waals surface area contributed by atoms with Crippen molar-refractivity contribution in [1.82, 2.24) is 0 Å². The van der Waals surface area contributed by atoms with Gasteiger partial charge in [-0.3, -0.25) is 4.79 Å². The van der Waals surface area contributed by atoms with E-state index in [2.05, 4.69) is 4.74 Å².